The van der Waals surface area contributed by atoms with Gasteiger partial charge in [0.15, 0.2) is 0 Å². The Balaban J connectivity index is 2.52. The van der Waals surface area contributed by atoms with Gasteiger partial charge in [0.25, 0.3) is 0 Å². The summed E-state index contributed by atoms with van der Waals surface area (Å²) in [4.78, 5) is 11.3. The number of carbonyl (C=O) groups excluding carboxylic acids is 1. The van der Waals surface area contributed by atoms with Crippen molar-refractivity contribution in [2.45, 2.75) is 59.0 Å². The number of hydrogen-bond acceptors (Lipinski definition) is 3. The zero-order valence-electron chi connectivity index (χ0n) is 17.1. The maximum absolute atomic E-state index is 11.3. The molecule has 0 saturated heterocycles. The summed E-state index contributed by atoms with van der Waals surface area (Å²) in [6, 6.07) is 0. The van der Waals surface area contributed by atoms with Crippen molar-refractivity contribution in [2.24, 2.45) is 17.8 Å². The summed E-state index contributed by atoms with van der Waals surface area (Å²) in [6.07, 6.45) is 14.6. The van der Waals surface area contributed by atoms with Gasteiger partial charge in [-0.3, -0.25) is 0 Å². The normalized spacial score (nSPS) is 25.9. The molecule has 1 rings (SSSR count). The second kappa shape index (κ2) is 14.2. The minimum atomic E-state index is -0.326. The van der Waals surface area contributed by atoms with E-state index in [1.54, 1.807) is 13.0 Å². The molecule has 1 aliphatic carbocycles. The molecule has 154 valence electrons. The molecule has 0 amide bonds. The first-order chi connectivity index (χ1) is 13.0. The van der Waals surface area contributed by atoms with Crippen LogP contribution < -0.4 is 21.2 Å². The summed E-state index contributed by atoms with van der Waals surface area (Å²) in [5.74, 6) is 0.842. The third-order valence-electron chi connectivity index (χ3n) is 4.97. The van der Waals surface area contributed by atoms with E-state index >= 15 is 0 Å². The Labute approximate surface area is 175 Å². The van der Waals surface area contributed by atoms with Gasteiger partial charge in [-0.15, -0.1) is 0 Å². The van der Waals surface area contributed by atoms with Gasteiger partial charge < -0.3 is 0 Å². The summed E-state index contributed by atoms with van der Waals surface area (Å²) in [7, 11) is 0. The van der Waals surface area contributed by atoms with Gasteiger partial charge in [0.1, 0.15) is 0 Å². The number of aliphatic hydroxyl groups is 1. The predicted molar refractivity (Wildman–Crippen MR) is 109 cm³/mol. The van der Waals surface area contributed by atoms with Crippen molar-refractivity contribution < 1.29 is 35.8 Å². The summed E-state index contributed by atoms with van der Waals surface area (Å²) < 4.78 is 8.56. The van der Waals surface area contributed by atoms with E-state index in [1.807, 2.05) is 12.2 Å². The van der Waals surface area contributed by atoms with Crippen LogP contribution in [0.3, 0.4) is 0 Å². The molecule has 1 N–H and O–H groups in total. The summed E-state index contributed by atoms with van der Waals surface area (Å²) in [5, 5.41) is 10.5. The average Bonchev–Trinajstić information content (AvgIpc) is 2.88. The van der Waals surface area contributed by atoms with Gasteiger partial charge in [0, 0.05) is 0 Å². The zero-order chi connectivity index (χ0) is 20.1. The van der Waals surface area contributed by atoms with E-state index in [0.717, 1.165) is 18.4 Å². The molecule has 0 heterocycles. The molecule has 0 aliphatic heterocycles. The number of halogens is 1. The fraction of sp³-hybridized carbons (Fsp3) is 0.609. The summed E-state index contributed by atoms with van der Waals surface area (Å²) in [5.41, 5.74) is 1.03. The standard InChI is InChI=1S/C23H36IO3/c1-5-7-10-14-24-15-13-20-21(19(4)17-22(20)25)16-18(3)11-8-9-12-23(26)27-6-2/h8-9,11-13,15,19-22,25H,3,5-7,10,14,16-17H2,1-2,4H3/q-1/b11-8+,12-9+,15-13+/t19?,20-,21?,22?/m1/s1. The Bertz CT molecular complexity index is 536. The second-order valence-corrected chi connectivity index (χ2v) is 9.90. The quantitative estimate of drug-likeness (QED) is 0.115. The van der Waals surface area contributed by atoms with Gasteiger partial charge in [-0.05, 0) is 6.92 Å². The number of rotatable bonds is 12. The number of allylic oxidation sites excluding steroid dienone is 4. The van der Waals surface area contributed by atoms with Gasteiger partial charge in [0.2, 0.25) is 0 Å². The fourth-order valence-electron chi connectivity index (χ4n) is 3.49. The van der Waals surface area contributed by atoms with Gasteiger partial charge in [-0.1, -0.05) is 0 Å². The van der Waals surface area contributed by atoms with E-state index in [1.165, 1.54) is 29.8 Å². The van der Waals surface area contributed by atoms with Crippen LogP contribution >= 0.6 is 0 Å². The molecular weight excluding hydrogens is 451 g/mol. The van der Waals surface area contributed by atoms with Crippen LogP contribution in [-0.4, -0.2) is 28.2 Å². The van der Waals surface area contributed by atoms with Crippen molar-refractivity contribution >= 4 is 5.97 Å². The van der Waals surface area contributed by atoms with Crippen molar-refractivity contribution in [3.05, 3.63) is 46.6 Å². The van der Waals surface area contributed by atoms with Gasteiger partial charge in [-0.25, -0.2) is 0 Å². The van der Waals surface area contributed by atoms with E-state index < -0.39 is 0 Å². The Kier molecular flexibility index (Phi) is 12.7. The molecule has 27 heavy (non-hydrogen) atoms. The van der Waals surface area contributed by atoms with Crippen LogP contribution in [0.25, 0.3) is 0 Å². The first-order valence-corrected chi connectivity index (χ1v) is 12.9. The second-order valence-electron chi connectivity index (χ2n) is 7.22. The van der Waals surface area contributed by atoms with Crippen molar-refractivity contribution in [1.82, 2.24) is 0 Å². The van der Waals surface area contributed by atoms with Crippen LogP contribution in [0.1, 0.15) is 52.9 Å². The first-order valence-electron chi connectivity index (χ1n) is 10.1. The number of carbonyl (C=O) groups is 1. The molecule has 4 heteroatoms. The first kappa shape index (κ1) is 24.2. The molecule has 1 fully saturated rings. The topological polar surface area (TPSA) is 46.5 Å². The summed E-state index contributed by atoms with van der Waals surface area (Å²) in [6.45, 7) is 10.8. The van der Waals surface area contributed by atoms with E-state index in [-0.39, 0.29) is 39.2 Å². The monoisotopic (exact) mass is 487 g/mol. The van der Waals surface area contributed by atoms with Crippen LogP contribution in [-0.2, 0) is 9.53 Å². The Morgan fingerprint density at radius 2 is 2.00 bits per heavy atom. The SMILES string of the molecule is C=C(/C=C/C=C/C(=O)OCC)CC1C(C)CC(O)[C@@H]1/C=C/[I-]CCCCC. The molecule has 0 aromatic heterocycles. The van der Waals surface area contributed by atoms with E-state index in [0.29, 0.717) is 18.4 Å². The molecule has 3 nitrogen and oxygen atoms in total. The van der Waals surface area contributed by atoms with Gasteiger partial charge >= 0.3 is 163 Å². The Hall–Kier alpha value is -0.880. The molecule has 1 aliphatic rings. The van der Waals surface area contributed by atoms with Crippen LogP contribution in [0.4, 0.5) is 0 Å². The van der Waals surface area contributed by atoms with Crippen molar-refractivity contribution in [2.75, 3.05) is 11.0 Å². The average molecular weight is 487 g/mol. The number of ether oxygens (including phenoxy) is 1. The predicted octanol–water partition coefficient (Wildman–Crippen LogP) is 2.03. The van der Waals surface area contributed by atoms with Crippen LogP contribution in [0.15, 0.2) is 46.6 Å². The molecule has 3 unspecified atom stereocenters. The molecule has 1 saturated carbocycles. The maximum atomic E-state index is 11.3. The number of hydrogen-bond donors (Lipinski definition) is 1. The molecule has 0 spiro atoms. The van der Waals surface area contributed by atoms with Crippen molar-refractivity contribution in [3.63, 3.8) is 0 Å². The van der Waals surface area contributed by atoms with Crippen molar-refractivity contribution in [1.29, 1.82) is 0 Å². The Morgan fingerprint density at radius 1 is 1.26 bits per heavy atom. The number of alkyl halides is 1. The zero-order valence-corrected chi connectivity index (χ0v) is 19.2. The third kappa shape index (κ3) is 9.74. The minimum absolute atomic E-state index is 0.117. The molecule has 0 aromatic rings. The molecule has 0 aromatic carbocycles. The van der Waals surface area contributed by atoms with Crippen LogP contribution in [0.5, 0.6) is 0 Å². The van der Waals surface area contributed by atoms with Crippen molar-refractivity contribution in [3.8, 4) is 0 Å². The van der Waals surface area contributed by atoms with Gasteiger partial charge in [-0.2, -0.15) is 0 Å². The van der Waals surface area contributed by atoms with E-state index in [9.17, 15) is 9.90 Å². The molecule has 0 radical (unpaired) electrons. The number of aliphatic hydroxyl groups excluding tert-OH is 1. The van der Waals surface area contributed by atoms with Gasteiger partial charge in [0.05, 0.1) is 6.61 Å². The fourth-order valence-corrected chi connectivity index (χ4v) is 5.61. The molecular formula is C23H36IO3-. The molecule has 0 bridgehead atoms. The van der Waals surface area contributed by atoms with Crippen LogP contribution in [0.2, 0.25) is 0 Å². The number of unbranched alkanes of at least 4 members (excludes halogenated alkanes) is 2. The summed E-state index contributed by atoms with van der Waals surface area (Å²) >= 11 is 0.117. The Morgan fingerprint density at radius 3 is 2.70 bits per heavy atom. The third-order valence-corrected chi connectivity index (χ3v) is 7.28. The number of esters is 1. The van der Waals surface area contributed by atoms with Crippen LogP contribution in [0, 0.1) is 17.8 Å². The van der Waals surface area contributed by atoms with E-state index in [4.69, 9.17) is 4.74 Å². The molecule has 4 atom stereocenters. The van der Waals surface area contributed by atoms with E-state index in [2.05, 4.69) is 30.6 Å².